The van der Waals surface area contributed by atoms with Crippen molar-refractivity contribution in [1.82, 2.24) is 4.90 Å². The van der Waals surface area contributed by atoms with Crippen LogP contribution in [0.1, 0.15) is 48.2 Å². The van der Waals surface area contributed by atoms with Crippen molar-refractivity contribution in [1.29, 1.82) is 0 Å². The van der Waals surface area contributed by atoms with Gasteiger partial charge in [-0.3, -0.25) is 9.69 Å². The van der Waals surface area contributed by atoms with Crippen LogP contribution in [0.25, 0.3) is 0 Å². The van der Waals surface area contributed by atoms with E-state index in [1.807, 2.05) is 12.1 Å². The Bertz CT molecular complexity index is 698. The molecule has 2 aromatic rings. The molecule has 1 aromatic heterocycles. The normalized spacial score (nSPS) is 20.0. The highest BCUT2D eigenvalue weighted by molar-refractivity contribution is 7.16. The van der Waals surface area contributed by atoms with Crippen LogP contribution in [0.3, 0.4) is 0 Å². The topological polar surface area (TPSA) is 40.5 Å². The summed E-state index contributed by atoms with van der Waals surface area (Å²) in [6.07, 6.45) is 3.71. The lowest BCUT2D eigenvalue weighted by Gasteiger charge is -2.39. The Morgan fingerprint density at radius 3 is 2.62 bits per heavy atom. The predicted octanol–water partition coefficient (Wildman–Crippen LogP) is 4.99. The molecule has 1 N–H and O–H groups in total. The number of piperidine rings is 1. The minimum atomic E-state index is -0.729. The summed E-state index contributed by atoms with van der Waals surface area (Å²) >= 11 is 7.70. The molecule has 2 unspecified atom stereocenters. The fraction of sp³-hybridized carbons (Fsp3) is 0.421. The minimum Gasteiger partial charge on any atom is -0.480 e. The summed E-state index contributed by atoms with van der Waals surface area (Å²) in [4.78, 5) is 15.0. The fourth-order valence-electron chi connectivity index (χ4n) is 3.46. The largest absolute Gasteiger partial charge is 0.480 e. The van der Waals surface area contributed by atoms with E-state index in [1.165, 1.54) is 16.9 Å². The molecule has 0 saturated carbocycles. The van der Waals surface area contributed by atoms with Crippen LogP contribution >= 0.6 is 22.9 Å². The Morgan fingerprint density at radius 1 is 1.29 bits per heavy atom. The molecule has 1 aliphatic heterocycles. The van der Waals surface area contributed by atoms with Gasteiger partial charge in [0.15, 0.2) is 0 Å². The van der Waals surface area contributed by atoms with Gasteiger partial charge in [-0.2, -0.15) is 0 Å². The summed E-state index contributed by atoms with van der Waals surface area (Å²) in [6.45, 7) is 2.93. The summed E-state index contributed by atoms with van der Waals surface area (Å²) in [5.41, 5.74) is 2.43. The number of rotatable bonds is 5. The van der Waals surface area contributed by atoms with E-state index < -0.39 is 12.0 Å². The van der Waals surface area contributed by atoms with Crippen LogP contribution in [0.4, 0.5) is 0 Å². The summed E-state index contributed by atoms with van der Waals surface area (Å²) in [5.74, 6) is -0.729. The smallest absolute Gasteiger partial charge is 0.320 e. The molecule has 1 fully saturated rings. The highest BCUT2D eigenvalue weighted by Gasteiger charge is 2.35. The SMILES string of the molecule is CCc1ccc(C(c2ccc(Cl)s2)N2CCCCC2C(=O)O)cc1. The van der Waals surface area contributed by atoms with E-state index in [4.69, 9.17) is 11.6 Å². The standard InChI is InChI=1S/C19H22ClNO2S/c1-2-13-6-8-14(9-7-13)18(16-10-11-17(20)24-16)21-12-4-3-5-15(21)19(22)23/h6-11,15,18H,2-5,12H2,1H3,(H,22,23). The third-order valence-corrected chi connectivity index (χ3v) is 6.01. The van der Waals surface area contributed by atoms with Gasteiger partial charge in [0.1, 0.15) is 6.04 Å². The maximum absolute atomic E-state index is 11.8. The lowest BCUT2D eigenvalue weighted by atomic mass is 9.94. The maximum atomic E-state index is 11.8. The van der Waals surface area contributed by atoms with Crippen molar-refractivity contribution in [3.05, 3.63) is 56.7 Å². The van der Waals surface area contributed by atoms with E-state index in [-0.39, 0.29) is 6.04 Å². The maximum Gasteiger partial charge on any atom is 0.320 e. The molecule has 24 heavy (non-hydrogen) atoms. The van der Waals surface area contributed by atoms with Crippen molar-refractivity contribution in [2.75, 3.05) is 6.54 Å². The van der Waals surface area contributed by atoms with Crippen LogP contribution in [-0.2, 0) is 11.2 Å². The lowest BCUT2D eigenvalue weighted by molar-refractivity contribution is -0.145. The third-order valence-electron chi connectivity index (χ3n) is 4.73. The average Bonchev–Trinajstić information content (AvgIpc) is 3.02. The number of carboxylic acids is 1. The van der Waals surface area contributed by atoms with Gasteiger partial charge < -0.3 is 5.11 Å². The Morgan fingerprint density at radius 2 is 2.04 bits per heavy atom. The van der Waals surface area contributed by atoms with E-state index in [0.717, 1.165) is 40.6 Å². The molecular formula is C19H22ClNO2S. The van der Waals surface area contributed by atoms with Crippen LogP contribution in [-0.4, -0.2) is 28.6 Å². The van der Waals surface area contributed by atoms with Gasteiger partial charge in [0.25, 0.3) is 0 Å². The quantitative estimate of drug-likeness (QED) is 0.813. The van der Waals surface area contributed by atoms with Crippen LogP contribution in [0.2, 0.25) is 4.34 Å². The van der Waals surface area contributed by atoms with Gasteiger partial charge in [0.2, 0.25) is 0 Å². The number of carboxylic acid groups (broad SMARTS) is 1. The first-order valence-electron chi connectivity index (χ1n) is 8.42. The molecule has 128 valence electrons. The average molecular weight is 364 g/mol. The highest BCUT2D eigenvalue weighted by Crippen LogP contribution is 2.38. The van der Waals surface area contributed by atoms with E-state index >= 15 is 0 Å². The minimum absolute atomic E-state index is 0.0465. The first kappa shape index (κ1) is 17.5. The summed E-state index contributed by atoms with van der Waals surface area (Å²) in [6, 6.07) is 12.0. The number of halogens is 1. The van der Waals surface area contributed by atoms with E-state index in [0.29, 0.717) is 6.42 Å². The van der Waals surface area contributed by atoms with Crippen LogP contribution in [0.15, 0.2) is 36.4 Å². The molecule has 0 aliphatic carbocycles. The van der Waals surface area contributed by atoms with Gasteiger partial charge in [-0.15, -0.1) is 11.3 Å². The van der Waals surface area contributed by atoms with Crippen LogP contribution < -0.4 is 0 Å². The molecular weight excluding hydrogens is 342 g/mol. The van der Waals surface area contributed by atoms with Gasteiger partial charge in [-0.05, 0) is 49.1 Å². The second-order valence-electron chi connectivity index (χ2n) is 6.23. The number of nitrogens with zero attached hydrogens (tertiary/aromatic N) is 1. The number of carbonyl (C=O) groups is 1. The second kappa shape index (κ2) is 7.68. The summed E-state index contributed by atoms with van der Waals surface area (Å²) in [7, 11) is 0. The van der Waals surface area contributed by atoms with Gasteiger partial charge >= 0.3 is 5.97 Å². The first-order chi connectivity index (χ1) is 11.6. The summed E-state index contributed by atoms with van der Waals surface area (Å²) in [5, 5.41) is 9.67. The molecule has 2 heterocycles. The zero-order valence-electron chi connectivity index (χ0n) is 13.7. The number of hydrogen-bond acceptors (Lipinski definition) is 3. The van der Waals surface area contributed by atoms with Crippen molar-refractivity contribution in [3.63, 3.8) is 0 Å². The van der Waals surface area contributed by atoms with Gasteiger partial charge in [0.05, 0.1) is 10.4 Å². The fourth-order valence-corrected chi connectivity index (χ4v) is 4.67. The zero-order chi connectivity index (χ0) is 17.1. The number of likely N-dealkylation sites (tertiary alicyclic amines) is 1. The third kappa shape index (κ3) is 3.66. The number of aliphatic carboxylic acids is 1. The Hall–Kier alpha value is -1.36. The zero-order valence-corrected chi connectivity index (χ0v) is 15.3. The van der Waals surface area contributed by atoms with Crippen LogP contribution in [0, 0.1) is 0 Å². The number of aryl methyl sites for hydroxylation is 1. The van der Waals surface area contributed by atoms with Crippen molar-refractivity contribution in [2.24, 2.45) is 0 Å². The molecule has 0 spiro atoms. The molecule has 2 atom stereocenters. The van der Waals surface area contributed by atoms with Crippen molar-refractivity contribution in [2.45, 2.75) is 44.7 Å². The van der Waals surface area contributed by atoms with E-state index in [9.17, 15) is 9.90 Å². The lowest BCUT2D eigenvalue weighted by Crippen LogP contribution is -2.46. The monoisotopic (exact) mass is 363 g/mol. The predicted molar refractivity (Wildman–Crippen MR) is 99.0 cm³/mol. The first-order valence-corrected chi connectivity index (χ1v) is 9.62. The van der Waals surface area contributed by atoms with Crippen molar-refractivity contribution in [3.8, 4) is 0 Å². The molecule has 3 rings (SSSR count). The van der Waals surface area contributed by atoms with Gasteiger partial charge in [-0.1, -0.05) is 49.2 Å². The molecule has 1 aliphatic rings. The Kier molecular flexibility index (Phi) is 5.59. The molecule has 3 nitrogen and oxygen atoms in total. The molecule has 0 amide bonds. The van der Waals surface area contributed by atoms with Crippen molar-refractivity contribution < 1.29 is 9.90 Å². The molecule has 0 radical (unpaired) electrons. The highest BCUT2D eigenvalue weighted by atomic mass is 35.5. The number of hydrogen-bond donors (Lipinski definition) is 1. The Balaban J connectivity index is 2.02. The number of thiophene rings is 1. The molecule has 5 heteroatoms. The number of benzene rings is 1. The molecule has 0 bridgehead atoms. The summed E-state index contributed by atoms with van der Waals surface area (Å²) < 4.78 is 0.740. The van der Waals surface area contributed by atoms with Crippen molar-refractivity contribution >= 4 is 28.9 Å². The Labute approximate surface area is 151 Å². The van der Waals surface area contributed by atoms with E-state index in [2.05, 4.69) is 36.1 Å². The molecule has 1 aromatic carbocycles. The van der Waals surface area contributed by atoms with E-state index in [1.54, 1.807) is 0 Å². The second-order valence-corrected chi connectivity index (χ2v) is 7.97. The van der Waals surface area contributed by atoms with Gasteiger partial charge in [0, 0.05) is 4.88 Å². The van der Waals surface area contributed by atoms with Crippen LogP contribution in [0.5, 0.6) is 0 Å². The van der Waals surface area contributed by atoms with Gasteiger partial charge in [-0.25, -0.2) is 0 Å². The molecule has 1 saturated heterocycles.